The number of nitrogens with zero attached hydrogens (tertiary/aromatic N) is 3. The molecule has 3 rings (SSSR count). The Bertz CT molecular complexity index is 393. The van der Waals surface area contributed by atoms with Crippen LogP contribution >= 0.6 is 11.3 Å². The third-order valence-corrected chi connectivity index (χ3v) is 4.28. The first-order chi connectivity index (χ1) is 8.42. The minimum absolute atomic E-state index is 0.672. The van der Waals surface area contributed by atoms with Gasteiger partial charge >= 0.3 is 0 Å². The molecule has 0 spiro atoms. The third kappa shape index (κ3) is 2.58. The molecule has 0 radical (unpaired) electrons. The Morgan fingerprint density at radius 1 is 1.47 bits per heavy atom. The van der Waals surface area contributed by atoms with Gasteiger partial charge in [-0.25, -0.2) is 4.98 Å². The molecule has 1 fully saturated rings. The molecule has 3 heterocycles. The van der Waals surface area contributed by atoms with Crippen LogP contribution in [-0.2, 0) is 13.1 Å². The van der Waals surface area contributed by atoms with Crippen molar-refractivity contribution in [1.82, 2.24) is 14.5 Å². The Balaban J connectivity index is 1.63. The molecule has 4 heteroatoms. The first-order valence-electron chi connectivity index (χ1n) is 6.14. The van der Waals surface area contributed by atoms with Crippen LogP contribution in [0.5, 0.6) is 0 Å². The molecule has 90 valence electrons. The molecule has 0 unspecified atom stereocenters. The molecular formula is C13H17N3S. The van der Waals surface area contributed by atoms with Crippen LogP contribution in [0, 0.1) is 0 Å². The Morgan fingerprint density at radius 3 is 3.24 bits per heavy atom. The van der Waals surface area contributed by atoms with Crippen LogP contribution in [0.25, 0.3) is 0 Å². The second-order valence-electron chi connectivity index (χ2n) is 4.61. The van der Waals surface area contributed by atoms with Crippen LogP contribution in [0.1, 0.15) is 17.7 Å². The molecule has 2 aromatic rings. The lowest BCUT2D eigenvalue weighted by molar-refractivity contribution is 0.226. The van der Waals surface area contributed by atoms with E-state index in [4.69, 9.17) is 0 Å². The summed E-state index contributed by atoms with van der Waals surface area (Å²) >= 11 is 1.86. The van der Waals surface area contributed by atoms with Gasteiger partial charge in [0.2, 0.25) is 0 Å². The summed E-state index contributed by atoms with van der Waals surface area (Å²) in [6, 6.07) is 5.05. The Morgan fingerprint density at radius 2 is 2.47 bits per heavy atom. The fourth-order valence-electron chi connectivity index (χ4n) is 2.55. The highest BCUT2D eigenvalue weighted by atomic mass is 32.1. The highest BCUT2D eigenvalue weighted by Gasteiger charge is 2.24. The summed E-state index contributed by atoms with van der Waals surface area (Å²) in [5, 5.41) is 2.16. The highest BCUT2D eigenvalue weighted by molar-refractivity contribution is 7.09. The molecule has 0 aromatic carbocycles. The predicted molar refractivity (Wildman–Crippen MR) is 70.0 cm³/mol. The largest absolute Gasteiger partial charge is 0.336 e. The molecule has 1 saturated heterocycles. The summed E-state index contributed by atoms with van der Waals surface area (Å²) in [7, 11) is 0. The second kappa shape index (κ2) is 5.02. The average molecular weight is 247 g/mol. The van der Waals surface area contributed by atoms with Gasteiger partial charge in [-0.05, 0) is 30.8 Å². The minimum atomic E-state index is 0.672. The van der Waals surface area contributed by atoms with Crippen molar-refractivity contribution in [2.75, 3.05) is 6.54 Å². The molecule has 0 bridgehead atoms. The van der Waals surface area contributed by atoms with Crippen LogP contribution in [0.4, 0.5) is 0 Å². The van der Waals surface area contributed by atoms with Crippen molar-refractivity contribution >= 4 is 11.3 Å². The van der Waals surface area contributed by atoms with E-state index < -0.39 is 0 Å². The van der Waals surface area contributed by atoms with Crippen LogP contribution < -0.4 is 0 Å². The molecule has 0 amide bonds. The van der Waals surface area contributed by atoms with Crippen molar-refractivity contribution in [2.45, 2.75) is 32.0 Å². The molecule has 0 aliphatic carbocycles. The molecule has 1 aliphatic rings. The maximum Gasteiger partial charge on any atom is 0.0946 e. The monoisotopic (exact) mass is 247 g/mol. The van der Waals surface area contributed by atoms with E-state index in [1.54, 1.807) is 0 Å². The van der Waals surface area contributed by atoms with Gasteiger partial charge in [-0.15, -0.1) is 11.3 Å². The van der Waals surface area contributed by atoms with Gasteiger partial charge in [0.1, 0.15) is 0 Å². The van der Waals surface area contributed by atoms with E-state index in [-0.39, 0.29) is 0 Å². The Hall–Kier alpha value is -1.13. The maximum atomic E-state index is 4.11. The average Bonchev–Trinajstić information content (AvgIpc) is 3.04. The Kier molecular flexibility index (Phi) is 3.25. The van der Waals surface area contributed by atoms with Crippen LogP contribution in [-0.4, -0.2) is 27.0 Å². The smallest absolute Gasteiger partial charge is 0.0946 e. The molecule has 0 N–H and O–H groups in total. The first-order valence-corrected chi connectivity index (χ1v) is 7.02. The van der Waals surface area contributed by atoms with E-state index in [2.05, 4.69) is 38.2 Å². The van der Waals surface area contributed by atoms with Gasteiger partial charge in [-0.1, -0.05) is 6.07 Å². The number of thiophene rings is 1. The van der Waals surface area contributed by atoms with Gasteiger partial charge in [0, 0.05) is 36.4 Å². The summed E-state index contributed by atoms with van der Waals surface area (Å²) in [6.45, 7) is 3.42. The highest BCUT2D eigenvalue weighted by Crippen LogP contribution is 2.23. The molecule has 0 saturated carbocycles. The van der Waals surface area contributed by atoms with Gasteiger partial charge in [-0.3, -0.25) is 4.90 Å². The summed E-state index contributed by atoms with van der Waals surface area (Å²) in [6.07, 6.45) is 8.47. The van der Waals surface area contributed by atoms with Gasteiger partial charge in [0.25, 0.3) is 0 Å². The summed E-state index contributed by atoms with van der Waals surface area (Å²) in [4.78, 5) is 8.19. The van der Waals surface area contributed by atoms with Crippen LogP contribution in [0.3, 0.4) is 0 Å². The van der Waals surface area contributed by atoms with Crippen molar-refractivity contribution in [3.63, 3.8) is 0 Å². The quantitative estimate of drug-likeness (QED) is 0.828. The van der Waals surface area contributed by atoms with Crippen LogP contribution in [0.2, 0.25) is 0 Å². The zero-order chi connectivity index (χ0) is 11.5. The fraction of sp³-hybridized carbons (Fsp3) is 0.462. The Labute approximate surface area is 106 Å². The van der Waals surface area contributed by atoms with Crippen molar-refractivity contribution in [1.29, 1.82) is 0 Å². The standard InChI is InChI=1S/C13H17N3S/c1-3-12(9-15-7-5-14-11-15)16(6-1)10-13-4-2-8-17-13/h2,4-5,7-8,11-12H,1,3,6,9-10H2/t12-/m1/s1. The minimum Gasteiger partial charge on any atom is -0.336 e. The summed E-state index contributed by atoms with van der Waals surface area (Å²) < 4.78 is 2.19. The SMILES string of the molecule is c1csc(CN2CCC[C@@H]2Cn2ccnc2)c1. The molecule has 2 aromatic heterocycles. The van der Waals surface area contributed by atoms with E-state index in [0.29, 0.717) is 6.04 Å². The molecule has 1 atom stereocenters. The zero-order valence-corrected chi connectivity index (χ0v) is 10.6. The predicted octanol–water partition coefficient (Wildman–Crippen LogP) is 2.61. The first kappa shape index (κ1) is 11.0. The van der Waals surface area contributed by atoms with Crippen molar-refractivity contribution in [2.24, 2.45) is 0 Å². The zero-order valence-electron chi connectivity index (χ0n) is 9.83. The van der Waals surface area contributed by atoms with Gasteiger partial charge in [-0.2, -0.15) is 0 Å². The number of likely N-dealkylation sites (tertiary alicyclic amines) is 1. The molecule has 3 nitrogen and oxygen atoms in total. The van der Waals surface area contributed by atoms with Crippen molar-refractivity contribution in [3.8, 4) is 0 Å². The number of rotatable bonds is 4. The van der Waals surface area contributed by atoms with E-state index in [1.165, 1.54) is 24.3 Å². The molecular weight excluding hydrogens is 230 g/mol. The van der Waals surface area contributed by atoms with Gasteiger partial charge in [0.15, 0.2) is 0 Å². The number of aromatic nitrogens is 2. The normalized spacial score (nSPS) is 21.1. The summed E-state index contributed by atoms with van der Waals surface area (Å²) in [5.74, 6) is 0. The topological polar surface area (TPSA) is 21.1 Å². The maximum absolute atomic E-state index is 4.11. The van der Waals surface area contributed by atoms with Crippen molar-refractivity contribution in [3.05, 3.63) is 41.1 Å². The van der Waals surface area contributed by atoms with E-state index >= 15 is 0 Å². The molecule has 17 heavy (non-hydrogen) atoms. The fourth-order valence-corrected chi connectivity index (χ4v) is 3.28. The van der Waals surface area contributed by atoms with Crippen LogP contribution in [0.15, 0.2) is 36.2 Å². The van der Waals surface area contributed by atoms with Crippen molar-refractivity contribution < 1.29 is 0 Å². The number of hydrogen-bond acceptors (Lipinski definition) is 3. The van der Waals surface area contributed by atoms with E-state index in [9.17, 15) is 0 Å². The third-order valence-electron chi connectivity index (χ3n) is 3.42. The lowest BCUT2D eigenvalue weighted by Gasteiger charge is -2.24. The summed E-state index contributed by atoms with van der Waals surface area (Å²) in [5.41, 5.74) is 0. The van der Waals surface area contributed by atoms with E-state index in [1.807, 2.05) is 23.9 Å². The molecule has 1 aliphatic heterocycles. The second-order valence-corrected chi connectivity index (χ2v) is 5.64. The lowest BCUT2D eigenvalue weighted by atomic mass is 10.2. The van der Waals surface area contributed by atoms with Gasteiger partial charge in [0.05, 0.1) is 6.33 Å². The van der Waals surface area contributed by atoms with E-state index in [0.717, 1.165) is 13.1 Å². The lowest BCUT2D eigenvalue weighted by Crippen LogP contribution is -2.31. The number of hydrogen-bond donors (Lipinski definition) is 0. The number of imidazole rings is 1. The van der Waals surface area contributed by atoms with Gasteiger partial charge < -0.3 is 4.57 Å².